The molecule has 0 atom stereocenters. The second-order valence-corrected chi connectivity index (χ2v) is 4.18. The Bertz CT molecular complexity index is 310. The number of nitrogens with zero attached hydrogens (tertiary/aromatic N) is 2. The van der Waals surface area contributed by atoms with Crippen molar-refractivity contribution in [1.29, 1.82) is 0 Å². The van der Waals surface area contributed by atoms with Crippen LogP contribution in [0, 0.1) is 6.92 Å². The fourth-order valence-electron chi connectivity index (χ4n) is 1.64. The number of pyridine rings is 1. The molecule has 1 fully saturated rings. The topological polar surface area (TPSA) is 16.1 Å². The van der Waals surface area contributed by atoms with Crippen LogP contribution in [-0.4, -0.2) is 23.5 Å². The van der Waals surface area contributed by atoms with Gasteiger partial charge in [0, 0.05) is 24.7 Å². The summed E-state index contributed by atoms with van der Waals surface area (Å²) < 4.78 is 0. The summed E-state index contributed by atoms with van der Waals surface area (Å²) >= 11 is 5.79. The number of alkyl halides is 1. The number of rotatable bonds is 4. The number of anilines is 1. The van der Waals surface area contributed by atoms with Crippen molar-refractivity contribution in [2.24, 2.45) is 0 Å². The van der Waals surface area contributed by atoms with Crippen molar-refractivity contribution in [3.8, 4) is 0 Å². The lowest BCUT2D eigenvalue weighted by Gasteiger charge is -2.22. The molecule has 1 aliphatic carbocycles. The lowest BCUT2D eigenvalue weighted by molar-refractivity contribution is 0.811. The van der Waals surface area contributed by atoms with Gasteiger partial charge in [0.1, 0.15) is 5.82 Å². The molecule has 0 aromatic carbocycles. The Morgan fingerprint density at radius 2 is 2.36 bits per heavy atom. The fraction of sp³-hybridized carbons (Fsp3) is 0.545. The molecule has 0 radical (unpaired) electrons. The van der Waals surface area contributed by atoms with E-state index >= 15 is 0 Å². The highest BCUT2D eigenvalue weighted by Crippen LogP contribution is 2.30. The van der Waals surface area contributed by atoms with Crippen LogP contribution in [-0.2, 0) is 0 Å². The summed E-state index contributed by atoms with van der Waals surface area (Å²) in [6.45, 7) is 3.00. The van der Waals surface area contributed by atoms with E-state index in [1.54, 1.807) is 0 Å². The van der Waals surface area contributed by atoms with Crippen molar-refractivity contribution < 1.29 is 0 Å². The molecule has 0 spiro atoms. The minimum atomic E-state index is 0.673. The third kappa shape index (κ3) is 2.18. The Labute approximate surface area is 89.9 Å². The summed E-state index contributed by atoms with van der Waals surface area (Å²) in [7, 11) is 0. The maximum absolute atomic E-state index is 5.79. The minimum absolute atomic E-state index is 0.673. The number of aromatic nitrogens is 1. The van der Waals surface area contributed by atoms with Gasteiger partial charge in [0.25, 0.3) is 0 Å². The van der Waals surface area contributed by atoms with Crippen molar-refractivity contribution in [3.63, 3.8) is 0 Å². The molecule has 2 nitrogen and oxygen atoms in total. The van der Waals surface area contributed by atoms with Crippen molar-refractivity contribution >= 4 is 17.4 Å². The normalized spacial score (nSPS) is 15.6. The molecule has 0 aliphatic heterocycles. The molecule has 0 bridgehead atoms. The van der Waals surface area contributed by atoms with Crippen LogP contribution < -0.4 is 4.90 Å². The Hall–Kier alpha value is -0.760. The van der Waals surface area contributed by atoms with E-state index in [1.807, 2.05) is 12.3 Å². The Balaban J connectivity index is 2.16. The standard InChI is InChI=1S/C11H15ClN2/c1-9-4-6-13-11(8-9)14(7-5-12)10-2-3-10/h4,6,8,10H,2-3,5,7H2,1H3. The minimum Gasteiger partial charge on any atom is -0.352 e. The smallest absolute Gasteiger partial charge is 0.129 e. The summed E-state index contributed by atoms with van der Waals surface area (Å²) in [6.07, 6.45) is 4.44. The van der Waals surface area contributed by atoms with E-state index in [-0.39, 0.29) is 0 Å². The molecule has 3 heteroatoms. The third-order valence-electron chi connectivity index (χ3n) is 2.51. The van der Waals surface area contributed by atoms with Crippen molar-refractivity contribution in [2.45, 2.75) is 25.8 Å². The van der Waals surface area contributed by atoms with Crippen LogP contribution in [0.25, 0.3) is 0 Å². The maximum atomic E-state index is 5.79. The molecule has 1 aliphatic rings. The Kier molecular flexibility index (Phi) is 2.92. The van der Waals surface area contributed by atoms with Crippen LogP contribution in [0.3, 0.4) is 0 Å². The summed E-state index contributed by atoms with van der Waals surface area (Å²) in [5, 5.41) is 0. The van der Waals surface area contributed by atoms with Crippen LogP contribution in [0.5, 0.6) is 0 Å². The van der Waals surface area contributed by atoms with E-state index in [4.69, 9.17) is 11.6 Å². The van der Waals surface area contributed by atoms with Gasteiger partial charge < -0.3 is 4.90 Å². The molecular formula is C11H15ClN2. The highest BCUT2D eigenvalue weighted by molar-refractivity contribution is 6.18. The van der Waals surface area contributed by atoms with Gasteiger partial charge in [-0.05, 0) is 37.5 Å². The first-order valence-corrected chi connectivity index (χ1v) is 5.60. The summed E-state index contributed by atoms with van der Waals surface area (Å²) in [5.74, 6) is 1.75. The molecule has 1 aromatic rings. The molecule has 76 valence electrons. The average Bonchev–Trinajstić information content (AvgIpc) is 2.97. The predicted octanol–water partition coefficient (Wildman–Crippen LogP) is 2.60. The summed E-state index contributed by atoms with van der Waals surface area (Å²) in [4.78, 5) is 6.71. The number of halogens is 1. The molecule has 1 aromatic heterocycles. The summed E-state index contributed by atoms with van der Waals surface area (Å²) in [5.41, 5.74) is 1.26. The van der Waals surface area contributed by atoms with Gasteiger partial charge in [-0.1, -0.05) is 0 Å². The molecule has 1 heterocycles. The van der Waals surface area contributed by atoms with Gasteiger partial charge in [0.05, 0.1) is 0 Å². The quantitative estimate of drug-likeness (QED) is 0.711. The van der Waals surface area contributed by atoms with E-state index < -0.39 is 0 Å². The largest absolute Gasteiger partial charge is 0.352 e. The van der Waals surface area contributed by atoms with Gasteiger partial charge in [-0.3, -0.25) is 0 Å². The predicted molar refractivity (Wildman–Crippen MR) is 60.1 cm³/mol. The van der Waals surface area contributed by atoms with Crippen LogP contribution in [0.4, 0.5) is 5.82 Å². The van der Waals surface area contributed by atoms with Crippen molar-refractivity contribution in [2.75, 3.05) is 17.3 Å². The number of hydrogen-bond acceptors (Lipinski definition) is 2. The Morgan fingerprint density at radius 1 is 1.57 bits per heavy atom. The zero-order valence-electron chi connectivity index (χ0n) is 8.41. The van der Waals surface area contributed by atoms with Crippen LogP contribution >= 0.6 is 11.6 Å². The van der Waals surface area contributed by atoms with E-state index in [0.717, 1.165) is 12.4 Å². The first-order chi connectivity index (χ1) is 6.81. The van der Waals surface area contributed by atoms with E-state index in [0.29, 0.717) is 11.9 Å². The second-order valence-electron chi connectivity index (χ2n) is 3.80. The zero-order valence-corrected chi connectivity index (χ0v) is 9.17. The van der Waals surface area contributed by atoms with Gasteiger partial charge in [-0.15, -0.1) is 11.6 Å². The average molecular weight is 211 g/mol. The SMILES string of the molecule is Cc1ccnc(N(CCCl)C2CC2)c1. The molecular weight excluding hydrogens is 196 g/mol. The monoisotopic (exact) mass is 210 g/mol. The number of hydrogen-bond donors (Lipinski definition) is 0. The summed E-state index contributed by atoms with van der Waals surface area (Å²) in [6, 6.07) is 4.84. The van der Waals surface area contributed by atoms with Crippen LogP contribution in [0.2, 0.25) is 0 Å². The first-order valence-electron chi connectivity index (χ1n) is 5.06. The highest BCUT2D eigenvalue weighted by Gasteiger charge is 2.29. The van der Waals surface area contributed by atoms with Crippen LogP contribution in [0.1, 0.15) is 18.4 Å². The molecule has 0 unspecified atom stereocenters. The second kappa shape index (κ2) is 4.18. The van der Waals surface area contributed by atoms with Gasteiger partial charge in [-0.2, -0.15) is 0 Å². The van der Waals surface area contributed by atoms with Gasteiger partial charge in [-0.25, -0.2) is 4.98 Å². The van der Waals surface area contributed by atoms with E-state index in [2.05, 4.69) is 22.9 Å². The Morgan fingerprint density at radius 3 is 2.93 bits per heavy atom. The molecule has 0 N–H and O–H groups in total. The molecule has 14 heavy (non-hydrogen) atoms. The third-order valence-corrected chi connectivity index (χ3v) is 2.68. The molecule has 0 saturated heterocycles. The van der Waals surface area contributed by atoms with Gasteiger partial charge in [0.2, 0.25) is 0 Å². The molecule has 1 saturated carbocycles. The van der Waals surface area contributed by atoms with E-state index in [1.165, 1.54) is 18.4 Å². The molecule has 0 amide bonds. The van der Waals surface area contributed by atoms with Crippen molar-refractivity contribution in [1.82, 2.24) is 4.98 Å². The number of aryl methyl sites for hydroxylation is 1. The molecule has 2 rings (SSSR count). The fourth-order valence-corrected chi connectivity index (χ4v) is 1.82. The first kappa shape index (κ1) is 9.78. The van der Waals surface area contributed by atoms with E-state index in [9.17, 15) is 0 Å². The van der Waals surface area contributed by atoms with Crippen molar-refractivity contribution in [3.05, 3.63) is 23.9 Å². The lowest BCUT2D eigenvalue weighted by atomic mass is 10.3. The lowest BCUT2D eigenvalue weighted by Crippen LogP contribution is -2.28. The van der Waals surface area contributed by atoms with Gasteiger partial charge >= 0.3 is 0 Å². The maximum Gasteiger partial charge on any atom is 0.129 e. The van der Waals surface area contributed by atoms with Crippen LogP contribution in [0.15, 0.2) is 18.3 Å². The van der Waals surface area contributed by atoms with Gasteiger partial charge in [0.15, 0.2) is 0 Å². The highest BCUT2D eigenvalue weighted by atomic mass is 35.5. The zero-order chi connectivity index (χ0) is 9.97.